The van der Waals surface area contributed by atoms with Gasteiger partial charge in [-0.3, -0.25) is 4.79 Å². The molecule has 1 atom stereocenters. The van der Waals surface area contributed by atoms with Crippen molar-refractivity contribution in [3.8, 4) is 22.8 Å². The van der Waals surface area contributed by atoms with Crippen LogP contribution in [0.3, 0.4) is 0 Å². The number of piperidine rings is 1. The minimum absolute atomic E-state index is 0.0916. The number of aliphatic hydroxyl groups excluding tert-OH is 1. The highest BCUT2D eigenvalue weighted by Gasteiger charge is 2.35. The molecule has 0 spiro atoms. The first-order valence-corrected chi connectivity index (χ1v) is 12.5. The van der Waals surface area contributed by atoms with Gasteiger partial charge in [0.2, 0.25) is 5.91 Å². The number of methoxy groups -OCH3 is 2. The van der Waals surface area contributed by atoms with E-state index in [1.165, 1.54) is 16.6 Å². The Morgan fingerprint density at radius 2 is 1.77 bits per heavy atom. The number of amides is 1. The zero-order chi connectivity index (χ0) is 24.7. The van der Waals surface area contributed by atoms with Crippen LogP contribution in [0, 0.1) is 0 Å². The quantitative estimate of drug-likeness (QED) is 0.545. The monoisotopic (exact) mass is 477 g/mol. The number of carbonyl (C=O) groups excluding carboxylic acids is 1. The molecule has 2 fully saturated rings. The number of hydrogen-bond donors (Lipinski definition) is 2. The van der Waals surface area contributed by atoms with Crippen LogP contribution in [0.1, 0.15) is 44.6 Å². The standard InChI is InChI=1S/C28H35N3O4/c1-17(2)27-22-14-20(30-11-9-19(10-12-30)31-16-21(32)15-26(31)33)6-7-23(22)29-28(27)18-5-8-24(34-3)25(13-18)35-4/h5-8,13-14,17,19,21,29,32H,9-12,15-16H2,1-4H3. The molecule has 2 saturated heterocycles. The summed E-state index contributed by atoms with van der Waals surface area (Å²) in [7, 11) is 3.31. The number of carbonyl (C=O) groups is 1. The second-order valence-corrected chi connectivity index (χ2v) is 9.99. The maximum absolute atomic E-state index is 12.2. The predicted octanol–water partition coefficient (Wildman–Crippen LogP) is 4.54. The van der Waals surface area contributed by atoms with Crippen molar-refractivity contribution in [3.63, 3.8) is 0 Å². The summed E-state index contributed by atoms with van der Waals surface area (Å²) in [5.74, 6) is 1.86. The minimum Gasteiger partial charge on any atom is -0.493 e. The maximum atomic E-state index is 12.2. The average Bonchev–Trinajstić information content (AvgIpc) is 3.42. The van der Waals surface area contributed by atoms with Gasteiger partial charge in [0.15, 0.2) is 11.5 Å². The first-order chi connectivity index (χ1) is 16.9. The molecule has 35 heavy (non-hydrogen) atoms. The highest BCUT2D eigenvalue weighted by Crippen LogP contribution is 2.40. The lowest BCUT2D eigenvalue weighted by molar-refractivity contribution is -0.130. The first-order valence-electron chi connectivity index (χ1n) is 12.5. The smallest absolute Gasteiger partial charge is 0.225 e. The van der Waals surface area contributed by atoms with E-state index in [1.54, 1.807) is 14.2 Å². The molecule has 0 bridgehead atoms. The van der Waals surface area contributed by atoms with Gasteiger partial charge in [-0.1, -0.05) is 13.8 Å². The molecule has 2 aliphatic rings. The fourth-order valence-corrected chi connectivity index (χ4v) is 5.72. The largest absolute Gasteiger partial charge is 0.493 e. The number of hydrogen-bond acceptors (Lipinski definition) is 5. The van der Waals surface area contributed by atoms with Crippen molar-refractivity contribution in [2.24, 2.45) is 0 Å². The van der Waals surface area contributed by atoms with Crippen LogP contribution in [-0.4, -0.2) is 66.9 Å². The lowest BCUT2D eigenvalue weighted by atomic mass is 9.95. The summed E-state index contributed by atoms with van der Waals surface area (Å²) < 4.78 is 11.0. The Labute approximate surface area is 206 Å². The van der Waals surface area contributed by atoms with E-state index >= 15 is 0 Å². The molecule has 2 aromatic carbocycles. The molecule has 1 unspecified atom stereocenters. The predicted molar refractivity (Wildman–Crippen MR) is 138 cm³/mol. The van der Waals surface area contributed by atoms with Crippen molar-refractivity contribution in [2.45, 2.75) is 51.2 Å². The number of β-amino-alcohol motifs (C(OH)–C–C–N with tert-alkyl or cyclic N) is 1. The Balaban J connectivity index is 1.43. The maximum Gasteiger partial charge on any atom is 0.225 e. The van der Waals surface area contributed by atoms with Crippen molar-refractivity contribution in [1.82, 2.24) is 9.88 Å². The average molecular weight is 478 g/mol. The number of aromatic nitrogens is 1. The van der Waals surface area contributed by atoms with Gasteiger partial charge < -0.3 is 29.4 Å². The zero-order valence-electron chi connectivity index (χ0n) is 21.0. The molecule has 1 aromatic heterocycles. The summed E-state index contributed by atoms with van der Waals surface area (Å²) in [5, 5.41) is 11.1. The highest BCUT2D eigenvalue weighted by molar-refractivity contribution is 5.94. The lowest BCUT2D eigenvalue weighted by Crippen LogP contribution is -2.45. The number of nitrogens with one attached hydrogen (secondary N) is 1. The fourth-order valence-electron chi connectivity index (χ4n) is 5.72. The third-order valence-electron chi connectivity index (χ3n) is 7.48. The second kappa shape index (κ2) is 9.46. The van der Waals surface area contributed by atoms with Crippen molar-refractivity contribution in [2.75, 3.05) is 38.8 Å². The molecular formula is C28H35N3O4. The summed E-state index contributed by atoms with van der Waals surface area (Å²) in [6, 6.07) is 12.9. The molecule has 3 aromatic rings. The van der Waals surface area contributed by atoms with E-state index in [9.17, 15) is 9.90 Å². The molecule has 0 radical (unpaired) electrons. The van der Waals surface area contributed by atoms with Crippen LogP contribution in [0.15, 0.2) is 36.4 Å². The summed E-state index contributed by atoms with van der Waals surface area (Å²) in [6.07, 6.45) is 1.62. The molecule has 7 heteroatoms. The van der Waals surface area contributed by atoms with E-state index in [4.69, 9.17) is 9.47 Å². The Hall–Kier alpha value is -3.19. The van der Waals surface area contributed by atoms with Crippen molar-refractivity contribution < 1.29 is 19.4 Å². The fraction of sp³-hybridized carbons (Fsp3) is 0.464. The number of anilines is 1. The van der Waals surface area contributed by atoms with Crippen molar-refractivity contribution >= 4 is 22.5 Å². The van der Waals surface area contributed by atoms with E-state index in [1.807, 2.05) is 17.0 Å². The number of aliphatic hydroxyl groups is 1. The van der Waals surface area contributed by atoms with Crippen LogP contribution in [-0.2, 0) is 4.79 Å². The molecule has 186 valence electrons. The third-order valence-corrected chi connectivity index (χ3v) is 7.48. The van der Waals surface area contributed by atoms with Gasteiger partial charge in [-0.05, 0) is 60.7 Å². The lowest BCUT2D eigenvalue weighted by Gasteiger charge is -2.38. The van der Waals surface area contributed by atoms with Gasteiger partial charge in [-0.15, -0.1) is 0 Å². The molecule has 0 aliphatic carbocycles. The number of benzene rings is 2. The topological polar surface area (TPSA) is 78.0 Å². The molecule has 2 aliphatic heterocycles. The number of H-pyrrole nitrogens is 1. The molecule has 2 N–H and O–H groups in total. The molecular weight excluding hydrogens is 442 g/mol. The normalized spacial score (nSPS) is 19.3. The van der Waals surface area contributed by atoms with E-state index in [0.29, 0.717) is 24.0 Å². The number of rotatable bonds is 6. The highest BCUT2D eigenvalue weighted by atomic mass is 16.5. The van der Waals surface area contributed by atoms with Gasteiger partial charge in [0.1, 0.15) is 0 Å². The van der Waals surface area contributed by atoms with Crippen LogP contribution in [0.5, 0.6) is 11.5 Å². The molecule has 5 rings (SSSR count). The van der Waals surface area contributed by atoms with Gasteiger partial charge in [0, 0.05) is 47.8 Å². The minimum atomic E-state index is -0.508. The summed E-state index contributed by atoms with van der Waals surface area (Å²) >= 11 is 0. The Kier molecular flexibility index (Phi) is 6.36. The van der Waals surface area contributed by atoms with Gasteiger partial charge in [0.25, 0.3) is 0 Å². The summed E-state index contributed by atoms with van der Waals surface area (Å²) in [6.45, 7) is 6.74. The molecule has 3 heterocycles. The number of likely N-dealkylation sites (tertiary alicyclic amines) is 1. The zero-order valence-corrected chi connectivity index (χ0v) is 21.0. The molecule has 1 amide bonds. The van der Waals surface area contributed by atoms with Crippen LogP contribution in [0.4, 0.5) is 5.69 Å². The van der Waals surface area contributed by atoms with Crippen LogP contribution in [0.25, 0.3) is 22.2 Å². The molecule has 7 nitrogen and oxygen atoms in total. The van der Waals surface area contributed by atoms with Gasteiger partial charge >= 0.3 is 0 Å². The van der Waals surface area contributed by atoms with Gasteiger partial charge in [-0.25, -0.2) is 0 Å². The van der Waals surface area contributed by atoms with Crippen LogP contribution < -0.4 is 14.4 Å². The van der Waals surface area contributed by atoms with Crippen LogP contribution in [0.2, 0.25) is 0 Å². The van der Waals surface area contributed by atoms with E-state index in [2.05, 4.69) is 48.0 Å². The number of ether oxygens (including phenoxy) is 2. The summed E-state index contributed by atoms with van der Waals surface area (Å²) in [4.78, 5) is 20.2. The van der Waals surface area contributed by atoms with E-state index in [0.717, 1.165) is 42.7 Å². The van der Waals surface area contributed by atoms with Crippen molar-refractivity contribution in [3.05, 3.63) is 42.0 Å². The third kappa shape index (κ3) is 4.33. The summed E-state index contributed by atoms with van der Waals surface area (Å²) in [5.41, 5.74) is 5.80. The van der Waals surface area contributed by atoms with Crippen molar-refractivity contribution in [1.29, 1.82) is 0 Å². The number of aromatic amines is 1. The Morgan fingerprint density at radius 1 is 1.03 bits per heavy atom. The Bertz CT molecular complexity index is 1230. The van der Waals surface area contributed by atoms with Crippen LogP contribution >= 0.6 is 0 Å². The Morgan fingerprint density at radius 3 is 2.40 bits per heavy atom. The first kappa shape index (κ1) is 23.5. The second-order valence-electron chi connectivity index (χ2n) is 9.99. The van der Waals surface area contributed by atoms with Gasteiger partial charge in [-0.2, -0.15) is 0 Å². The van der Waals surface area contributed by atoms with E-state index < -0.39 is 6.10 Å². The van der Waals surface area contributed by atoms with E-state index in [-0.39, 0.29) is 18.4 Å². The molecule has 0 saturated carbocycles. The van der Waals surface area contributed by atoms with Gasteiger partial charge in [0.05, 0.1) is 32.4 Å². The SMILES string of the molecule is COc1ccc(-c2[nH]c3ccc(N4CCC(N5CC(O)CC5=O)CC4)cc3c2C(C)C)cc1OC. The number of nitrogens with zero attached hydrogens (tertiary/aromatic N) is 2. The number of fused-ring (bicyclic) bond motifs is 1.